The summed E-state index contributed by atoms with van der Waals surface area (Å²) in [5, 5.41) is 9.09. The number of nitrogens with one attached hydrogen (secondary N) is 3. The number of rotatable bonds is 6. The highest BCUT2D eigenvalue weighted by Crippen LogP contribution is 2.38. The van der Waals surface area contributed by atoms with Gasteiger partial charge in [-0.05, 0) is 35.9 Å². The standard InChI is InChI=1S/C19H16FN5O2/c1-26-15-6-7-16(27-14-5-8-17(23-11-14)24-25-22)19(20)18(15)13-4-2-3-12(9-13)10-21/h2-9,11,25H,22H2,1H3,(H,23,24)/p+1. The minimum Gasteiger partial charge on any atom is -0.496 e. The molecule has 0 saturated heterocycles. The average Bonchev–Trinajstić information content (AvgIpc) is 2.71. The molecular formula is C19H17FN5O2+. The maximum atomic E-state index is 15.2. The number of hydrazine groups is 2. The zero-order valence-corrected chi connectivity index (χ0v) is 14.4. The highest BCUT2D eigenvalue weighted by Gasteiger charge is 2.18. The van der Waals surface area contributed by atoms with Gasteiger partial charge in [0.1, 0.15) is 11.9 Å². The SMILES string of the molecule is COc1ccc(Oc2ccc(NNN)[nH+]c2)c(F)c1-c1cccc(C#N)c1. The molecule has 2 aromatic carbocycles. The van der Waals surface area contributed by atoms with Crippen LogP contribution in [0.1, 0.15) is 5.56 Å². The molecule has 0 aliphatic carbocycles. The monoisotopic (exact) mass is 366 g/mol. The van der Waals surface area contributed by atoms with Gasteiger partial charge in [0.2, 0.25) is 0 Å². The van der Waals surface area contributed by atoms with Crippen LogP contribution in [0.3, 0.4) is 0 Å². The Bertz CT molecular complexity index is 986. The third-order valence-corrected chi connectivity index (χ3v) is 3.79. The van der Waals surface area contributed by atoms with E-state index in [9.17, 15) is 0 Å². The van der Waals surface area contributed by atoms with E-state index < -0.39 is 5.82 Å². The van der Waals surface area contributed by atoms with Crippen LogP contribution in [0.2, 0.25) is 0 Å². The molecule has 136 valence electrons. The molecule has 1 aromatic heterocycles. The van der Waals surface area contributed by atoms with Crippen molar-refractivity contribution in [2.45, 2.75) is 0 Å². The first-order valence-corrected chi connectivity index (χ1v) is 7.94. The number of methoxy groups -OCH3 is 1. The van der Waals surface area contributed by atoms with Gasteiger partial charge in [-0.15, -0.1) is 0 Å². The van der Waals surface area contributed by atoms with Crippen molar-refractivity contribution < 1.29 is 18.8 Å². The number of nitriles is 1. The number of anilines is 1. The average molecular weight is 366 g/mol. The lowest BCUT2D eigenvalue weighted by Gasteiger charge is -2.14. The van der Waals surface area contributed by atoms with Crippen LogP contribution in [0.25, 0.3) is 11.1 Å². The quantitative estimate of drug-likeness (QED) is 0.457. The molecule has 0 spiro atoms. The van der Waals surface area contributed by atoms with E-state index >= 15 is 4.39 Å². The molecule has 0 aliphatic heterocycles. The van der Waals surface area contributed by atoms with Gasteiger partial charge in [0.15, 0.2) is 17.3 Å². The molecule has 0 aliphatic rings. The van der Waals surface area contributed by atoms with Crippen LogP contribution in [0.5, 0.6) is 17.2 Å². The van der Waals surface area contributed by atoms with Crippen molar-refractivity contribution in [3.8, 4) is 34.4 Å². The van der Waals surface area contributed by atoms with Gasteiger partial charge in [0, 0.05) is 6.07 Å². The number of aromatic nitrogens is 1. The Labute approximate surface area is 155 Å². The van der Waals surface area contributed by atoms with Crippen molar-refractivity contribution in [3.63, 3.8) is 0 Å². The summed E-state index contributed by atoms with van der Waals surface area (Å²) >= 11 is 0. The molecule has 0 amide bonds. The lowest BCUT2D eigenvalue weighted by molar-refractivity contribution is -0.362. The Balaban J connectivity index is 1.99. The molecule has 3 aromatic rings. The lowest BCUT2D eigenvalue weighted by Crippen LogP contribution is -2.31. The van der Waals surface area contributed by atoms with Crippen molar-refractivity contribution in [1.82, 2.24) is 5.53 Å². The number of H-pyrrole nitrogens is 1. The summed E-state index contributed by atoms with van der Waals surface area (Å²) in [4.78, 5) is 2.90. The van der Waals surface area contributed by atoms with Gasteiger partial charge in [0.25, 0.3) is 5.82 Å². The molecule has 3 rings (SSSR count). The summed E-state index contributed by atoms with van der Waals surface area (Å²) < 4.78 is 26.1. The van der Waals surface area contributed by atoms with E-state index in [1.165, 1.54) is 13.2 Å². The Morgan fingerprint density at radius 3 is 2.63 bits per heavy atom. The maximum absolute atomic E-state index is 15.2. The molecule has 1 heterocycles. The number of aromatic amines is 1. The number of nitrogens with two attached hydrogens (primary N) is 1. The summed E-state index contributed by atoms with van der Waals surface area (Å²) in [6, 6.07) is 15.1. The molecule has 7 nitrogen and oxygen atoms in total. The molecular weight excluding hydrogens is 349 g/mol. The molecule has 0 bridgehead atoms. The van der Waals surface area contributed by atoms with Gasteiger partial charge >= 0.3 is 0 Å². The second kappa shape index (κ2) is 8.14. The Morgan fingerprint density at radius 2 is 1.96 bits per heavy atom. The van der Waals surface area contributed by atoms with Gasteiger partial charge in [-0.2, -0.15) is 10.7 Å². The van der Waals surface area contributed by atoms with Crippen molar-refractivity contribution in [2.24, 2.45) is 5.84 Å². The summed E-state index contributed by atoms with van der Waals surface area (Å²) in [6.07, 6.45) is 1.55. The maximum Gasteiger partial charge on any atom is 0.291 e. The van der Waals surface area contributed by atoms with Gasteiger partial charge in [-0.1, -0.05) is 17.7 Å². The van der Waals surface area contributed by atoms with E-state index in [0.29, 0.717) is 28.4 Å². The van der Waals surface area contributed by atoms with E-state index in [-0.39, 0.29) is 11.3 Å². The highest BCUT2D eigenvalue weighted by atomic mass is 19.1. The minimum absolute atomic E-state index is 0.0271. The first-order chi connectivity index (χ1) is 13.2. The predicted molar refractivity (Wildman–Crippen MR) is 97.1 cm³/mol. The number of halogens is 1. The molecule has 5 N–H and O–H groups in total. The molecule has 0 atom stereocenters. The number of benzene rings is 2. The van der Waals surface area contributed by atoms with E-state index in [2.05, 4.69) is 15.9 Å². The van der Waals surface area contributed by atoms with E-state index in [0.717, 1.165) is 0 Å². The topological polar surface area (TPSA) is 106 Å². The third-order valence-electron chi connectivity index (χ3n) is 3.79. The molecule has 27 heavy (non-hydrogen) atoms. The van der Waals surface area contributed by atoms with Crippen LogP contribution in [-0.4, -0.2) is 7.11 Å². The van der Waals surface area contributed by atoms with Crippen LogP contribution >= 0.6 is 0 Å². The zero-order valence-electron chi connectivity index (χ0n) is 14.4. The molecule has 0 fully saturated rings. The summed E-state index contributed by atoms with van der Waals surface area (Å²) in [5.74, 6) is 5.96. The van der Waals surface area contributed by atoms with Crippen molar-refractivity contribution in [1.29, 1.82) is 5.26 Å². The fourth-order valence-corrected chi connectivity index (χ4v) is 2.56. The minimum atomic E-state index is -0.588. The number of nitrogens with zero attached hydrogens (tertiary/aromatic N) is 1. The van der Waals surface area contributed by atoms with E-state index in [1.54, 1.807) is 48.7 Å². The molecule has 0 unspecified atom stereocenters. The first kappa shape index (κ1) is 18.1. The van der Waals surface area contributed by atoms with Gasteiger partial charge < -0.3 is 9.47 Å². The Kier molecular flexibility index (Phi) is 5.47. The van der Waals surface area contributed by atoms with Crippen LogP contribution in [-0.2, 0) is 0 Å². The van der Waals surface area contributed by atoms with Crippen LogP contribution in [0, 0.1) is 17.1 Å². The summed E-state index contributed by atoms with van der Waals surface area (Å²) in [7, 11) is 1.46. The number of hydrogen-bond acceptors (Lipinski definition) is 6. The Morgan fingerprint density at radius 1 is 1.15 bits per heavy atom. The molecule has 8 heteroatoms. The van der Waals surface area contributed by atoms with Crippen molar-refractivity contribution in [2.75, 3.05) is 12.5 Å². The van der Waals surface area contributed by atoms with Crippen molar-refractivity contribution in [3.05, 3.63) is 66.1 Å². The van der Waals surface area contributed by atoms with Gasteiger partial charge in [-0.3, -0.25) is 0 Å². The van der Waals surface area contributed by atoms with E-state index in [1.807, 2.05) is 6.07 Å². The van der Waals surface area contributed by atoms with Crippen LogP contribution in [0.15, 0.2) is 54.7 Å². The largest absolute Gasteiger partial charge is 0.496 e. The fraction of sp³-hybridized carbons (Fsp3) is 0.0526. The smallest absolute Gasteiger partial charge is 0.291 e. The van der Waals surface area contributed by atoms with Crippen LogP contribution in [0.4, 0.5) is 10.2 Å². The molecule has 0 radical (unpaired) electrons. The van der Waals surface area contributed by atoms with Crippen LogP contribution < -0.4 is 31.3 Å². The normalized spacial score (nSPS) is 10.1. The predicted octanol–water partition coefficient (Wildman–Crippen LogP) is 2.77. The second-order valence-electron chi connectivity index (χ2n) is 5.46. The van der Waals surface area contributed by atoms with E-state index in [4.69, 9.17) is 20.6 Å². The third kappa shape index (κ3) is 3.95. The lowest BCUT2D eigenvalue weighted by atomic mass is 10.0. The first-order valence-electron chi connectivity index (χ1n) is 7.94. The number of pyridine rings is 1. The molecule has 0 saturated carbocycles. The number of ether oxygens (including phenoxy) is 2. The summed E-state index contributed by atoms with van der Waals surface area (Å²) in [5.41, 5.74) is 6.13. The second-order valence-corrected chi connectivity index (χ2v) is 5.46. The zero-order chi connectivity index (χ0) is 19.2. The van der Waals surface area contributed by atoms with Crippen molar-refractivity contribution >= 4 is 5.82 Å². The Hall–Kier alpha value is -3.67. The highest BCUT2D eigenvalue weighted by molar-refractivity contribution is 5.74. The number of hydrogen-bond donors (Lipinski definition) is 3. The van der Waals surface area contributed by atoms with Gasteiger partial charge in [0.05, 0.1) is 24.3 Å². The summed E-state index contributed by atoms with van der Waals surface area (Å²) in [6.45, 7) is 0. The van der Waals surface area contributed by atoms with Gasteiger partial charge in [-0.25, -0.2) is 15.2 Å². The fourth-order valence-electron chi connectivity index (χ4n) is 2.56.